The molecule has 1 amide bonds. The third-order valence-electron chi connectivity index (χ3n) is 3.34. The van der Waals surface area contributed by atoms with Crippen LogP contribution in [0.5, 0.6) is 0 Å². The van der Waals surface area contributed by atoms with Crippen molar-refractivity contribution in [2.45, 2.75) is 6.42 Å². The predicted octanol–water partition coefficient (Wildman–Crippen LogP) is 3.00. The van der Waals surface area contributed by atoms with Gasteiger partial charge in [0.2, 0.25) is 0 Å². The van der Waals surface area contributed by atoms with Crippen LogP contribution in [0.2, 0.25) is 0 Å². The molecule has 0 aromatic heterocycles. The van der Waals surface area contributed by atoms with Gasteiger partial charge in [-0.15, -0.1) is 0 Å². The number of hydrogen-bond acceptors (Lipinski definition) is 2. The third kappa shape index (κ3) is 4.04. The van der Waals surface area contributed by atoms with Gasteiger partial charge in [0, 0.05) is 38.0 Å². The van der Waals surface area contributed by atoms with Crippen molar-refractivity contribution in [2.75, 3.05) is 25.5 Å². The van der Waals surface area contributed by atoms with Crippen molar-refractivity contribution in [3.05, 3.63) is 65.2 Å². The van der Waals surface area contributed by atoms with Crippen LogP contribution >= 0.6 is 0 Å². The highest BCUT2D eigenvalue weighted by atomic mass is 19.1. The molecule has 0 atom stereocenters. The molecule has 0 fully saturated rings. The number of anilines is 1. The molecule has 22 heavy (non-hydrogen) atoms. The van der Waals surface area contributed by atoms with E-state index in [2.05, 4.69) is 5.32 Å². The Hall–Kier alpha value is -2.43. The van der Waals surface area contributed by atoms with Crippen molar-refractivity contribution in [3.63, 3.8) is 0 Å². The highest BCUT2D eigenvalue weighted by Crippen LogP contribution is 2.12. The van der Waals surface area contributed by atoms with Crippen LogP contribution in [0, 0.1) is 11.6 Å². The van der Waals surface area contributed by atoms with Crippen LogP contribution in [0.15, 0.2) is 42.5 Å². The Morgan fingerprint density at radius 2 is 1.77 bits per heavy atom. The van der Waals surface area contributed by atoms with Crippen LogP contribution in [0.4, 0.5) is 14.5 Å². The SMILES string of the molecule is CN(C)c1ccc(C(=O)NCCc2ccc(F)cc2F)cc1. The van der Waals surface area contributed by atoms with Crippen LogP contribution in [-0.2, 0) is 6.42 Å². The van der Waals surface area contributed by atoms with Crippen LogP contribution in [0.3, 0.4) is 0 Å². The molecule has 0 bridgehead atoms. The molecule has 0 heterocycles. The molecule has 5 heteroatoms. The van der Waals surface area contributed by atoms with Gasteiger partial charge in [0.15, 0.2) is 0 Å². The number of hydrogen-bond donors (Lipinski definition) is 1. The predicted molar refractivity (Wildman–Crippen MR) is 83.2 cm³/mol. The van der Waals surface area contributed by atoms with Crippen molar-refractivity contribution in [3.8, 4) is 0 Å². The standard InChI is InChI=1S/C17H18F2N2O/c1-21(2)15-7-4-13(5-8-15)17(22)20-10-9-12-3-6-14(18)11-16(12)19/h3-8,11H,9-10H2,1-2H3,(H,20,22). The molecule has 116 valence electrons. The molecule has 0 aliphatic carbocycles. The normalized spacial score (nSPS) is 10.4. The van der Waals surface area contributed by atoms with E-state index < -0.39 is 11.6 Å². The summed E-state index contributed by atoms with van der Waals surface area (Å²) in [6.07, 6.45) is 0.313. The third-order valence-corrected chi connectivity index (χ3v) is 3.34. The molecule has 0 radical (unpaired) electrons. The Balaban J connectivity index is 1.89. The van der Waals surface area contributed by atoms with Crippen molar-refractivity contribution in [1.29, 1.82) is 0 Å². The topological polar surface area (TPSA) is 32.3 Å². The molecule has 3 nitrogen and oxygen atoms in total. The number of carbonyl (C=O) groups excluding carboxylic acids is 1. The van der Waals surface area contributed by atoms with Gasteiger partial charge in [0.25, 0.3) is 5.91 Å². The molecule has 0 spiro atoms. The van der Waals surface area contributed by atoms with E-state index in [-0.39, 0.29) is 12.5 Å². The maximum absolute atomic E-state index is 13.5. The molecule has 0 saturated heterocycles. The lowest BCUT2D eigenvalue weighted by Crippen LogP contribution is -2.26. The lowest BCUT2D eigenvalue weighted by atomic mass is 10.1. The highest BCUT2D eigenvalue weighted by Gasteiger charge is 2.07. The molecular formula is C17H18F2N2O. The Morgan fingerprint density at radius 1 is 1.09 bits per heavy atom. The molecular weight excluding hydrogens is 286 g/mol. The summed E-state index contributed by atoms with van der Waals surface area (Å²) < 4.78 is 26.3. The second-order valence-corrected chi connectivity index (χ2v) is 5.18. The van der Waals surface area contributed by atoms with Crippen LogP contribution < -0.4 is 10.2 Å². The van der Waals surface area contributed by atoms with Crippen molar-refractivity contribution >= 4 is 11.6 Å². The van der Waals surface area contributed by atoms with Crippen LogP contribution in [-0.4, -0.2) is 26.5 Å². The van der Waals surface area contributed by atoms with E-state index in [0.29, 0.717) is 17.5 Å². The van der Waals surface area contributed by atoms with E-state index in [9.17, 15) is 13.6 Å². The first-order valence-corrected chi connectivity index (χ1v) is 6.97. The van der Waals surface area contributed by atoms with Crippen molar-refractivity contribution in [1.82, 2.24) is 5.32 Å². The maximum Gasteiger partial charge on any atom is 0.251 e. The molecule has 2 aromatic rings. The van der Waals surface area contributed by atoms with E-state index in [0.717, 1.165) is 11.8 Å². The summed E-state index contributed by atoms with van der Waals surface area (Å²) in [4.78, 5) is 13.9. The number of nitrogens with one attached hydrogen (secondary N) is 1. The lowest BCUT2D eigenvalue weighted by Gasteiger charge is -2.12. The number of amides is 1. The second-order valence-electron chi connectivity index (χ2n) is 5.18. The maximum atomic E-state index is 13.5. The summed E-state index contributed by atoms with van der Waals surface area (Å²) >= 11 is 0. The van der Waals surface area contributed by atoms with Gasteiger partial charge >= 0.3 is 0 Å². The van der Waals surface area contributed by atoms with Gasteiger partial charge in [-0.3, -0.25) is 4.79 Å². The van der Waals surface area contributed by atoms with Gasteiger partial charge in [-0.05, 0) is 42.3 Å². The summed E-state index contributed by atoms with van der Waals surface area (Å²) in [5.74, 6) is -1.41. The minimum absolute atomic E-state index is 0.215. The molecule has 0 aliphatic rings. The number of nitrogens with zero attached hydrogens (tertiary/aromatic N) is 1. The molecule has 0 saturated carbocycles. The van der Waals surface area contributed by atoms with Crippen LogP contribution in [0.25, 0.3) is 0 Å². The van der Waals surface area contributed by atoms with Gasteiger partial charge in [-0.1, -0.05) is 6.07 Å². The molecule has 2 rings (SSSR count). The second kappa shape index (κ2) is 7.02. The van der Waals surface area contributed by atoms with E-state index >= 15 is 0 Å². The average Bonchev–Trinajstić information content (AvgIpc) is 2.49. The van der Waals surface area contributed by atoms with Crippen molar-refractivity contribution < 1.29 is 13.6 Å². The lowest BCUT2D eigenvalue weighted by molar-refractivity contribution is 0.0954. The zero-order valence-electron chi connectivity index (χ0n) is 12.6. The zero-order chi connectivity index (χ0) is 16.1. The van der Waals surface area contributed by atoms with E-state index in [1.165, 1.54) is 12.1 Å². The summed E-state index contributed by atoms with van der Waals surface area (Å²) in [5.41, 5.74) is 1.93. The zero-order valence-corrected chi connectivity index (χ0v) is 12.6. The Kier molecular flexibility index (Phi) is 5.09. The quantitative estimate of drug-likeness (QED) is 0.921. The Morgan fingerprint density at radius 3 is 2.36 bits per heavy atom. The van der Waals surface area contributed by atoms with E-state index in [1.54, 1.807) is 12.1 Å². The van der Waals surface area contributed by atoms with Gasteiger partial charge in [-0.25, -0.2) is 8.78 Å². The Bertz CT molecular complexity index is 654. The molecule has 1 N–H and O–H groups in total. The summed E-state index contributed by atoms with van der Waals surface area (Å²) in [6, 6.07) is 10.6. The van der Waals surface area contributed by atoms with E-state index in [4.69, 9.17) is 0 Å². The first-order chi connectivity index (χ1) is 10.5. The van der Waals surface area contributed by atoms with Gasteiger partial charge < -0.3 is 10.2 Å². The fourth-order valence-electron chi connectivity index (χ4n) is 2.05. The smallest absolute Gasteiger partial charge is 0.251 e. The molecule has 2 aromatic carbocycles. The number of carbonyl (C=O) groups is 1. The van der Waals surface area contributed by atoms with E-state index in [1.807, 2.05) is 31.1 Å². The minimum Gasteiger partial charge on any atom is -0.378 e. The average molecular weight is 304 g/mol. The number of halogens is 2. The first kappa shape index (κ1) is 15.9. The fourth-order valence-corrected chi connectivity index (χ4v) is 2.05. The van der Waals surface area contributed by atoms with Crippen molar-refractivity contribution in [2.24, 2.45) is 0 Å². The number of benzene rings is 2. The summed E-state index contributed by atoms with van der Waals surface area (Å²) in [6.45, 7) is 0.289. The largest absolute Gasteiger partial charge is 0.378 e. The first-order valence-electron chi connectivity index (χ1n) is 6.97. The van der Waals surface area contributed by atoms with Gasteiger partial charge in [-0.2, -0.15) is 0 Å². The summed E-state index contributed by atoms with van der Waals surface area (Å²) in [7, 11) is 3.85. The van der Waals surface area contributed by atoms with Gasteiger partial charge in [0.05, 0.1) is 0 Å². The fraction of sp³-hybridized carbons (Fsp3) is 0.235. The summed E-state index contributed by atoms with van der Waals surface area (Å²) in [5, 5.41) is 2.73. The number of rotatable bonds is 5. The Labute approximate surface area is 128 Å². The highest BCUT2D eigenvalue weighted by molar-refractivity contribution is 5.94. The van der Waals surface area contributed by atoms with Crippen LogP contribution in [0.1, 0.15) is 15.9 Å². The van der Waals surface area contributed by atoms with Gasteiger partial charge in [0.1, 0.15) is 11.6 Å². The molecule has 0 unspecified atom stereocenters. The molecule has 0 aliphatic heterocycles. The minimum atomic E-state index is -0.605. The monoisotopic (exact) mass is 304 g/mol.